The number of carbonyl (C=O) groups is 1. The Morgan fingerprint density at radius 1 is 1.07 bits per heavy atom. The Kier molecular flexibility index (Phi) is 7.25. The predicted octanol–water partition coefficient (Wildman–Crippen LogP) is 4.87. The smallest absolute Gasteiger partial charge is 0.262 e. The molecule has 0 saturated carbocycles. The fourth-order valence-electron chi connectivity index (χ4n) is 2.61. The molecule has 0 aliphatic rings. The van der Waals surface area contributed by atoms with E-state index < -0.39 is 6.04 Å². The van der Waals surface area contributed by atoms with Crippen LogP contribution in [0.15, 0.2) is 84.0 Å². The average molecular weight is 408 g/mol. The molecule has 3 aromatic rings. The third-order valence-electron chi connectivity index (χ3n) is 4.14. The molecule has 1 atom stereocenters. The summed E-state index contributed by atoms with van der Waals surface area (Å²) in [7, 11) is 0. The van der Waals surface area contributed by atoms with Gasteiger partial charge in [-0.1, -0.05) is 60.1 Å². The van der Waals surface area contributed by atoms with Crippen molar-refractivity contribution in [1.82, 2.24) is 5.43 Å². The molecule has 0 unspecified atom stereocenters. The molecule has 0 heterocycles. The minimum atomic E-state index is -0.477. The number of para-hydroxylation sites is 1. The van der Waals surface area contributed by atoms with Crippen LogP contribution in [-0.4, -0.2) is 18.2 Å². The van der Waals surface area contributed by atoms with Crippen LogP contribution in [0.25, 0.3) is 0 Å². The molecule has 0 fully saturated rings. The first-order valence-corrected chi connectivity index (χ1v) is 9.60. The van der Waals surface area contributed by atoms with Crippen molar-refractivity contribution in [3.05, 3.63) is 95.0 Å². The van der Waals surface area contributed by atoms with Crippen molar-refractivity contribution in [2.24, 2.45) is 5.10 Å². The molecule has 148 valence electrons. The Morgan fingerprint density at radius 2 is 1.83 bits per heavy atom. The summed E-state index contributed by atoms with van der Waals surface area (Å²) in [4.78, 5) is 12.3. The van der Waals surface area contributed by atoms with Crippen LogP contribution in [0.4, 0.5) is 5.69 Å². The van der Waals surface area contributed by atoms with Crippen LogP contribution >= 0.6 is 11.6 Å². The highest BCUT2D eigenvalue weighted by atomic mass is 35.5. The Bertz CT molecular complexity index is 977. The number of hydrogen-bond acceptors (Lipinski definition) is 4. The first-order chi connectivity index (χ1) is 14.1. The highest BCUT2D eigenvalue weighted by molar-refractivity contribution is 6.30. The number of halogens is 1. The van der Waals surface area contributed by atoms with Gasteiger partial charge in [-0.25, -0.2) is 5.43 Å². The van der Waals surface area contributed by atoms with Crippen molar-refractivity contribution >= 4 is 29.4 Å². The highest BCUT2D eigenvalue weighted by Gasteiger charge is 2.11. The number of nitrogens with one attached hydrogen (secondary N) is 2. The summed E-state index contributed by atoms with van der Waals surface area (Å²) in [6.45, 7) is 2.21. The molecular formula is C23H22ClN3O2. The molecule has 0 aromatic heterocycles. The lowest BCUT2D eigenvalue weighted by Crippen LogP contribution is -2.34. The zero-order valence-electron chi connectivity index (χ0n) is 16.0. The summed E-state index contributed by atoms with van der Waals surface area (Å²) >= 11 is 5.96. The minimum absolute atomic E-state index is 0.260. The third kappa shape index (κ3) is 6.36. The molecule has 5 nitrogen and oxygen atoms in total. The van der Waals surface area contributed by atoms with Gasteiger partial charge in [-0.2, -0.15) is 5.10 Å². The fraction of sp³-hybridized carbons (Fsp3) is 0.130. The molecule has 0 spiro atoms. The lowest BCUT2D eigenvalue weighted by Gasteiger charge is -2.13. The monoisotopic (exact) mass is 407 g/mol. The average Bonchev–Trinajstić information content (AvgIpc) is 2.73. The van der Waals surface area contributed by atoms with E-state index in [1.165, 1.54) is 0 Å². The minimum Gasteiger partial charge on any atom is -0.488 e. The quantitative estimate of drug-likeness (QED) is 0.413. The van der Waals surface area contributed by atoms with Crippen molar-refractivity contribution in [3.63, 3.8) is 0 Å². The van der Waals surface area contributed by atoms with Crippen molar-refractivity contribution < 1.29 is 9.53 Å². The van der Waals surface area contributed by atoms with E-state index in [0.717, 1.165) is 16.8 Å². The van der Waals surface area contributed by atoms with Gasteiger partial charge in [-0.05, 0) is 42.8 Å². The van der Waals surface area contributed by atoms with E-state index >= 15 is 0 Å². The van der Waals surface area contributed by atoms with Crippen LogP contribution in [-0.2, 0) is 11.4 Å². The van der Waals surface area contributed by atoms with Gasteiger partial charge in [0.1, 0.15) is 18.4 Å². The van der Waals surface area contributed by atoms with Crippen LogP contribution in [0, 0.1) is 0 Å². The van der Waals surface area contributed by atoms with Gasteiger partial charge in [-0.15, -0.1) is 0 Å². The lowest BCUT2D eigenvalue weighted by molar-refractivity contribution is -0.121. The third-order valence-corrected chi connectivity index (χ3v) is 4.37. The topological polar surface area (TPSA) is 62.7 Å². The van der Waals surface area contributed by atoms with Gasteiger partial charge < -0.3 is 10.1 Å². The number of hydrogen-bond donors (Lipinski definition) is 2. The summed E-state index contributed by atoms with van der Waals surface area (Å²) in [6.07, 6.45) is 1.57. The SMILES string of the molecule is C[C@@H](Nc1cccc(Cl)c1)C(=O)N/N=C\c1ccccc1OCc1ccccc1. The predicted molar refractivity (Wildman–Crippen MR) is 117 cm³/mol. The summed E-state index contributed by atoms with van der Waals surface area (Å²) in [5.74, 6) is 0.434. The maximum atomic E-state index is 12.3. The van der Waals surface area contributed by atoms with Gasteiger partial charge in [0.25, 0.3) is 5.91 Å². The number of amides is 1. The van der Waals surface area contributed by atoms with Crippen LogP contribution < -0.4 is 15.5 Å². The Balaban J connectivity index is 1.56. The maximum absolute atomic E-state index is 12.3. The first-order valence-electron chi connectivity index (χ1n) is 9.22. The number of carbonyl (C=O) groups excluding carboxylic acids is 1. The zero-order valence-corrected chi connectivity index (χ0v) is 16.8. The molecule has 6 heteroatoms. The normalized spacial score (nSPS) is 11.8. The molecule has 0 radical (unpaired) electrons. The van der Waals surface area contributed by atoms with Crippen LogP contribution in [0.2, 0.25) is 5.02 Å². The van der Waals surface area contributed by atoms with E-state index in [9.17, 15) is 4.79 Å². The first kappa shape index (κ1) is 20.4. The van der Waals surface area contributed by atoms with Crippen LogP contribution in [0.5, 0.6) is 5.75 Å². The molecule has 0 aliphatic carbocycles. The second kappa shape index (κ2) is 10.3. The molecule has 3 aromatic carbocycles. The highest BCUT2D eigenvalue weighted by Crippen LogP contribution is 2.18. The van der Waals surface area contributed by atoms with Crippen molar-refractivity contribution in [3.8, 4) is 5.75 Å². The second-order valence-electron chi connectivity index (χ2n) is 6.42. The number of anilines is 1. The van der Waals surface area contributed by atoms with Crippen molar-refractivity contribution in [2.75, 3.05) is 5.32 Å². The number of hydrazone groups is 1. The molecule has 3 rings (SSSR count). The largest absolute Gasteiger partial charge is 0.488 e. The summed E-state index contributed by atoms with van der Waals surface area (Å²) in [5.41, 5.74) is 5.17. The van der Waals surface area contributed by atoms with E-state index in [-0.39, 0.29) is 5.91 Å². The summed E-state index contributed by atoms with van der Waals surface area (Å²) in [6, 6.07) is 24.2. The lowest BCUT2D eigenvalue weighted by atomic mass is 10.2. The summed E-state index contributed by atoms with van der Waals surface area (Å²) < 4.78 is 5.89. The Morgan fingerprint density at radius 3 is 2.62 bits per heavy atom. The molecule has 0 aliphatic heterocycles. The van der Waals surface area contributed by atoms with E-state index in [4.69, 9.17) is 16.3 Å². The van der Waals surface area contributed by atoms with Gasteiger partial charge in [0.2, 0.25) is 0 Å². The number of rotatable bonds is 8. The van der Waals surface area contributed by atoms with Gasteiger partial charge in [0.05, 0.1) is 6.21 Å². The molecule has 2 N–H and O–H groups in total. The van der Waals surface area contributed by atoms with Gasteiger partial charge in [0.15, 0.2) is 0 Å². The Hall–Kier alpha value is -3.31. The summed E-state index contributed by atoms with van der Waals surface area (Å²) in [5, 5.41) is 7.76. The molecule has 1 amide bonds. The Labute approximate surface area is 175 Å². The number of benzene rings is 3. The van der Waals surface area contributed by atoms with Crippen molar-refractivity contribution in [2.45, 2.75) is 19.6 Å². The standard InChI is InChI=1S/C23H22ClN3O2/c1-17(26-21-12-7-11-20(24)14-21)23(28)27-25-15-19-10-5-6-13-22(19)29-16-18-8-3-2-4-9-18/h2-15,17,26H,16H2,1H3,(H,27,28)/b25-15-/t17-/m1/s1. The van der Waals surface area contributed by atoms with E-state index in [2.05, 4.69) is 15.8 Å². The fourth-order valence-corrected chi connectivity index (χ4v) is 2.80. The molecule has 29 heavy (non-hydrogen) atoms. The number of ether oxygens (including phenoxy) is 1. The van der Waals surface area contributed by atoms with Gasteiger partial charge in [0, 0.05) is 16.3 Å². The zero-order chi connectivity index (χ0) is 20.5. The maximum Gasteiger partial charge on any atom is 0.262 e. The van der Waals surface area contributed by atoms with E-state index in [0.29, 0.717) is 17.4 Å². The number of nitrogens with zero attached hydrogens (tertiary/aromatic N) is 1. The molecular weight excluding hydrogens is 386 g/mol. The van der Waals surface area contributed by atoms with E-state index in [1.54, 1.807) is 25.3 Å². The van der Waals surface area contributed by atoms with E-state index in [1.807, 2.05) is 66.7 Å². The van der Waals surface area contributed by atoms with Crippen LogP contribution in [0.3, 0.4) is 0 Å². The van der Waals surface area contributed by atoms with Crippen molar-refractivity contribution in [1.29, 1.82) is 0 Å². The van der Waals surface area contributed by atoms with Crippen LogP contribution in [0.1, 0.15) is 18.1 Å². The van der Waals surface area contributed by atoms with Gasteiger partial charge in [-0.3, -0.25) is 4.79 Å². The molecule has 0 bridgehead atoms. The molecule has 0 saturated heterocycles. The van der Waals surface area contributed by atoms with Gasteiger partial charge >= 0.3 is 0 Å². The second-order valence-corrected chi connectivity index (χ2v) is 6.86.